The zero-order chi connectivity index (χ0) is 11.3. The lowest BCUT2D eigenvalue weighted by atomic mass is 9.97. The zero-order valence-electron chi connectivity index (χ0n) is 8.68. The molecule has 1 saturated heterocycles. The Morgan fingerprint density at radius 3 is 2.73 bits per heavy atom. The van der Waals surface area contributed by atoms with Crippen molar-refractivity contribution in [2.24, 2.45) is 5.92 Å². The molecule has 5 nitrogen and oxygen atoms in total. The molecular formula is C10H15NO4. The van der Waals surface area contributed by atoms with E-state index in [1.54, 1.807) is 13.0 Å². The van der Waals surface area contributed by atoms with Gasteiger partial charge in [0.1, 0.15) is 0 Å². The lowest BCUT2D eigenvalue weighted by Gasteiger charge is -2.36. The predicted molar refractivity (Wildman–Crippen MR) is 53.5 cm³/mol. The van der Waals surface area contributed by atoms with Crippen LogP contribution in [0.2, 0.25) is 0 Å². The normalized spacial score (nSPS) is 16.5. The van der Waals surface area contributed by atoms with Crippen LogP contribution in [0.1, 0.15) is 13.3 Å². The molecule has 0 atom stereocenters. The molecule has 1 fully saturated rings. The number of carboxylic acid groups (broad SMARTS) is 1. The summed E-state index contributed by atoms with van der Waals surface area (Å²) in [4.78, 5) is 22.7. The topological polar surface area (TPSA) is 66.8 Å². The molecule has 0 unspecified atom stereocenters. The maximum atomic E-state index is 10.9. The van der Waals surface area contributed by atoms with Gasteiger partial charge < -0.3 is 14.7 Å². The molecule has 0 spiro atoms. The molecule has 0 bridgehead atoms. The van der Waals surface area contributed by atoms with Crippen LogP contribution in [0.15, 0.2) is 12.2 Å². The standard InChI is InChI=1S/C10H15NO4/c1-2-15-9(12)5-3-4-8-6-11(7-8)10(13)14/h3,5,8H,2,4,6-7H2,1H3,(H,13,14). The van der Waals surface area contributed by atoms with Crippen LogP contribution >= 0.6 is 0 Å². The summed E-state index contributed by atoms with van der Waals surface area (Å²) in [5.41, 5.74) is 0. The summed E-state index contributed by atoms with van der Waals surface area (Å²) in [5, 5.41) is 8.57. The van der Waals surface area contributed by atoms with E-state index in [2.05, 4.69) is 0 Å². The van der Waals surface area contributed by atoms with Crippen molar-refractivity contribution >= 4 is 12.1 Å². The number of rotatable bonds is 4. The monoisotopic (exact) mass is 213 g/mol. The number of carbonyl (C=O) groups excluding carboxylic acids is 1. The third kappa shape index (κ3) is 3.61. The van der Waals surface area contributed by atoms with Crippen molar-refractivity contribution in [1.82, 2.24) is 4.90 Å². The average Bonchev–Trinajstić information content (AvgIpc) is 2.08. The molecule has 1 heterocycles. The minimum Gasteiger partial charge on any atom is -0.465 e. The van der Waals surface area contributed by atoms with E-state index < -0.39 is 6.09 Å². The summed E-state index contributed by atoms with van der Waals surface area (Å²) in [7, 11) is 0. The van der Waals surface area contributed by atoms with Gasteiger partial charge in [0.05, 0.1) is 6.61 Å². The number of ether oxygens (including phenoxy) is 1. The quantitative estimate of drug-likeness (QED) is 0.561. The number of esters is 1. The van der Waals surface area contributed by atoms with Gasteiger partial charge in [0, 0.05) is 19.2 Å². The number of carbonyl (C=O) groups is 2. The van der Waals surface area contributed by atoms with E-state index in [-0.39, 0.29) is 5.97 Å². The smallest absolute Gasteiger partial charge is 0.407 e. The first kappa shape index (κ1) is 11.6. The van der Waals surface area contributed by atoms with Crippen molar-refractivity contribution in [3.05, 3.63) is 12.2 Å². The summed E-state index contributed by atoms with van der Waals surface area (Å²) in [6.07, 6.45) is 2.98. The second kappa shape index (κ2) is 5.38. The van der Waals surface area contributed by atoms with Crippen LogP contribution in [0.25, 0.3) is 0 Å². The molecule has 5 heteroatoms. The maximum absolute atomic E-state index is 10.9. The minimum absolute atomic E-state index is 0.340. The van der Waals surface area contributed by atoms with Gasteiger partial charge >= 0.3 is 12.1 Å². The molecule has 0 aromatic rings. The van der Waals surface area contributed by atoms with Gasteiger partial charge in [0.15, 0.2) is 0 Å². The summed E-state index contributed by atoms with van der Waals surface area (Å²) in [5.74, 6) is -0.00121. The van der Waals surface area contributed by atoms with Crippen LogP contribution < -0.4 is 0 Å². The average molecular weight is 213 g/mol. The van der Waals surface area contributed by atoms with Gasteiger partial charge in [-0.2, -0.15) is 0 Å². The first-order chi connectivity index (χ1) is 7.13. The Kier molecular flexibility index (Phi) is 4.15. The minimum atomic E-state index is -0.874. The van der Waals surface area contributed by atoms with Crippen molar-refractivity contribution in [2.75, 3.05) is 19.7 Å². The number of nitrogens with zero attached hydrogens (tertiary/aromatic N) is 1. The molecular weight excluding hydrogens is 198 g/mol. The SMILES string of the molecule is CCOC(=O)C=CCC1CN(C(=O)O)C1. The number of likely N-dealkylation sites (tertiary alicyclic amines) is 1. The van der Waals surface area contributed by atoms with Crippen LogP contribution in [0.4, 0.5) is 4.79 Å². The second-order valence-corrected chi connectivity index (χ2v) is 3.44. The van der Waals surface area contributed by atoms with E-state index in [1.165, 1.54) is 11.0 Å². The van der Waals surface area contributed by atoms with Gasteiger partial charge in [-0.15, -0.1) is 0 Å². The number of hydrogen-bond acceptors (Lipinski definition) is 3. The Balaban J connectivity index is 2.12. The Bertz CT molecular complexity index is 269. The Hall–Kier alpha value is -1.52. The highest BCUT2D eigenvalue weighted by atomic mass is 16.5. The maximum Gasteiger partial charge on any atom is 0.407 e. The molecule has 0 aromatic carbocycles. The molecule has 1 aliphatic heterocycles. The van der Waals surface area contributed by atoms with Gasteiger partial charge in [-0.3, -0.25) is 0 Å². The molecule has 0 saturated carbocycles. The Morgan fingerprint density at radius 1 is 1.53 bits per heavy atom. The van der Waals surface area contributed by atoms with E-state index in [4.69, 9.17) is 9.84 Å². The van der Waals surface area contributed by atoms with Crippen LogP contribution in [0, 0.1) is 5.92 Å². The Morgan fingerprint density at radius 2 is 2.20 bits per heavy atom. The van der Waals surface area contributed by atoms with Crippen molar-refractivity contribution in [2.45, 2.75) is 13.3 Å². The van der Waals surface area contributed by atoms with Crippen molar-refractivity contribution in [1.29, 1.82) is 0 Å². The highest BCUT2D eigenvalue weighted by Gasteiger charge is 2.29. The molecule has 15 heavy (non-hydrogen) atoms. The molecule has 0 aromatic heterocycles. The van der Waals surface area contributed by atoms with Crippen molar-refractivity contribution in [3.8, 4) is 0 Å². The molecule has 0 aliphatic carbocycles. The third-order valence-corrected chi connectivity index (χ3v) is 2.24. The molecule has 1 amide bonds. The summed E-state index contributed by atoms with van der Waals surface area (Å²) < 4.78 is 4.70. The van der Waals surface area contributed by atoms with Crippen LogP contribution in [-0.2, 0) is 9.53 Å². The highest BCUT2D eigenvalue weighted by molar-refractivity contribution is 5.81. The fourth-order valence-corrected chi connectivity index (χ4v) is 1.42. The summed E-state index contributed by atoms with van der Waals surface area (Å²) in [6.45, 7) is 3.24. The summed E-state index contributed by atoms with van der Waals surface area (Å²) in [6, 6.07) is 0. The fourth-order valence-electron chi connectivity index (χ4n) is 1.42. The lowest BCUT2D eigenvalue weighted by Crippen LogP contribution is -2.49. The zero-order valence-corrected chi connectivity index (χ0v) is 8.68. The van der Waals surface area contributed by atoms with Gasteiger partial charge in [0.2, 0.25) is 0 Å². The highest BCUT2D eigenvalue weighted by Crippen LogP contribution is 2.19. The fraction of sp³-hybridized carbons (Fsp3) is 0.600. The molecule has 84 valence electrons. The number of allylic oxidation sites excluding steroid dienone is 1. The number of amides is 1. The predicted octanol–water partition coefficient (Wildman–Crippen LogP) is 1.11. The van der Waals surface area contributed by atoms with Crippen molar-refractivity contribution < 1.29 is 19.4 Å². The van der Waals surface area contributed by atoms with Gasteiger partial charge in [-0.25, -0.2) is 9.59 Å². The van der Waals surface area contributed by atoms with Gasteiger partial charge in [0.25, 0.3) is 0 Å². The first-order valence-electron chi connectivity index (χ1n) is 4.94. The third-order valence-electron chi connectivity index (χ3n) is 2.24. The van der Waals surface area contributed by atoms with Crippen LogP contribution in [0.3, 0.4) is 0 Å². The molecule has 1 N–H and O–H groups in total. The number of hydrogen-bond donors (Lipinski definition) is 1. The van der Waals surface area contributed by atoms with E-state index in [0.717, 1.165) is 6.42 Å². The largest absolute Gasteiger partial charge is 0.465 e. The first-order valence-corrected chi connectivity index (χ1v) is 4.94. The second-order valence-electron chi connectivity index (χ2n) is 3.44. The molecule has 0 radical (unpaired) electrons. The van der Waals surface area contributed by atoms with Gasteiger partial charge in [-0.05, 0) is 19.3 Å². The van der Waals surface area contributed by atoms with Crippen molar-refractivity contribution in [3.63, 3.8) is 0 Å². The summed E-state index contributed by atoms with van der Waals surface area (Å²) >= 11 is 0. The van der Waals surface area contributed by atoms with Crippen LogP contribution in [-0.4, -0.2) is 41.8 Å². The van der Waals surface area contributed by atoms with E-state index in [0.29, 0.717) is 25.6 Å². The van der Waals surface area contributed by atoms with E-state index in [9.17, 15) is 9.59 Å². The molecule has 1 rings (SSSR count). The van der Waals surface area contributed by atoms with E-state index in [1.807, 2.05) is 0 Å². The molecule has 1 aliphatic rings. The lowest BCUT2D eigenvalue weighted by molar-refractivity contribution is -0.137. The Labute approximate surface area is 88.3 Å². The van der Waals surface area contributed by atoms with E-state index >= 15 is 0 Å². The van der Waals surface area contributed by atoms with Gasteiger partial charge in [-0.1, -0.05) is 6.08 Å². The van der Waals surface area contributed by atoms with Crippen LogP contribution in [0.5, 0.6) is 0 Å².